The van der Waals surface area contributed by atoms with Gasteiger partial charge in [-0.15, -0.1) is 0 Å². The molecule has 0 N–H and O–H groups in total. The van der Waals surface area contributed by atoms with Gasteiger partial charge in [-0.1, -0.05) is 41.4 Å². The van der Waals surface area contributed by atoms with Crippen LogP contribution in [0.4, 0.5) is 0 Å². The summed E-state index contributed by atoms with van der Waals surface area (Å²) in [6.07, 6.45) is 0. The Bertz CT molecular complexity index is 965. The molecule has 6 heteroatoms. The van der Waals surface area contributed by atoms with Crippen LogP contribution in [0.2, 0.25) is 10.0 Å². The fourth-order valence-electron chi connectivity index (χ4n) is 2.88. The Balaban J connectivity index is 1.91. The standard InChI is InChI=1S/C21H21Cl2NO3/c1-4-26-18-7-5-6-15-11-19(27-20(15)18)21(25)24(13(2)3)12-14-8-9-16(22)17(23)10-14/h5-11,13H,4,12H2,1-3H3. The van der Waals surface area contributed by atoms with Gasteiger partial charge in [-0.25, -0.2) is 0 Å². The van der Waals surface area contributed by atoms with Gasteiger partial charge in [0.25, 0.3) is 5.91 Å². The molecule has 142 valence electrons. The molecule has 0 saturated carbocycles. The van der Waals surface area contributed by atoms with Crippen LogP contribution in [-0.4, -0.2) is 23.5 Å². The van der Waals surface area contributed by atoms with Crippen LogP contribution in [0.3, 0.4) is 0 Å². The number of furan rings is 1. The van der Waals surface area contributed by atoms with E-state index in [4.69, 9.17) is 32.4 Å². The van der Waals surface area contributed by atoms with E-state index >= 15 is 0 Å². The van der Waals surface area contributed by atoms with E-state index < -0.39 is 0 Å². The predicted octanol–water partition coefficient (Wildman–Crippen LogP) is 6.19. The molecule has 0 radical (unpaired) electrons. The van der Waals surface area contributed by atoms with E-state index in [1.54, 1.807) is 23.1 Å². The first-order valence-electron chi connectivity index (χ1n) is 8.81. The van der Waals surface area contributed by atoms with Crippen molar-refractivity contribution in [3.05, 3.63) is 63.8 Å². The van der Waals surface area contributed by atoms with Gasteiger partial charge in [-0.05, 0) is 50.6 Å². The van der Waals surface area contributed by atoms with Crippen molar-refractivity contribution in [1.29, 1.82) is 0 Å². The second kappa shape index (κ2) is 8.24. The monoisotopic (exact) mass is 405 g/mol. The van der Waals surface area contributed by atoms with Crippen molar-refractivity contribution in [1.82, 2.24) is 4.90 Å². The summed E-state index contributed by atoms with van der Waals surface area (Å²) >= 11 is 12.1. The van der Waals surface area contributed by atoms with Gasteiger partial charge >= 0.3 is 0 Å². The maximum Gasteiger partial charge on any atom is 0.290 e. The quantitative estimate of drug-likeness (QED) is 0.490. The molecule has 1 heterocycles. The third-order valence-corrected chi connectivity index (χ3v) is 4.98. The molecule has 27 heavy (non-hydrogen) atoms. The van der Waals surface area contributed by atoms with Crippen molar-refractivity contribution in [2.45, 2.75) is 33.4 Å². The van der Waals surface area contributed by atoms with Crippen molar-refractivity contribution in [3.63, 3.8) is 0 Å². The fourth-order valence-corrected chi connectivity index (χ4v) is 3.20. The van der Waals surface area contributed by atoms with Crippen LogP contribution in [0.5, 0.6) is 5.75 Å². The summed E-state index contributed by atoms with van der Waals surface area (Å²) in [5, 5.41) is 1.79. The van der Waals surface area contributed by atoms with Crippen molar-refractivity contribution in [2.24, 2.45) is 0 Å². The average molecular weight is 406 g/mol. The van der Waals surface area contributed by atoms with E-state index in [0.717, 1.165) is 10.9 Å². The van der Waals surface area contributed by atoms with Crippen LogP contribution in [-0.2, 0) is 6.54 Å². The normalized spacial score (nSPS) is 11.2. The van der Waals surface area contributed by atoms with E-state index in [1.807, 2.05) is 45.0 Å². The van der Waals surface area contributed by atoms with E-state index in [-0.39, 0.29) is 17.7 Å². The number of para-hydroxylation sites is 1. The molecule has 0 atom stereocenters. The van der Waals surface area contributed by atoms with Gasteiger partial charge < -0.3 is 14.1 Å². The second-order valence-corrected chi connectivity index (χ2v) is 7.31. The number of carbonyl (C=O) groups is 1. The second-order valence-electron chi connectivity index (χ2n) is 6.49. The minimum atomic E-state index is -0.185. The molecule has 0 aliphatic rings. The molecule has 3 aromatic rings. The highest BCUT2D eigenvalue weighted by atomic mass is 35.5. The number of amides is 1. The SMILES string of the molecule is CCOc1cccc2cc(C(=O)N(Cc3ccc(Cl)c(Cl)c3)C(C)C)oc12. The third kappa shape index (κ3) is 4.23. The zero-order valence-corrected chi connectivity index (χ0v) is 17.0. The third-order valence-electron chi connectivity index (χ3n) is 4.24. The lowest BCUT2D eigenvalue weighted by atomic mass is 10.1. The Morgan fingerprint density at radius 1 is 1.15 bits per heavy atom. The van der Waals surface area contributed by atoms with Crippen LogP contribution >= 0.6 is 23.2 Å². The predicted molar refractivity (Wildman–Crippen MR) is 109 cm³/mol. The highest BCUT2D eigenvalue weighted by Crippen LogP contribution is 2.30. The van der Waals surface area contributed by atoms with E-state index in [9.17, 15) is 4.79 Å². The molecule has 1 aromatic heterocycles. The number of nitrogens with zero attached hydrogens (tertiary/aromatic N) is 1. The highest BCUT2D eigenvalue weighted by Gasteiger charge is 2.23. The first kappa shape index (κ1) is 19.6. The number of fused-ring (bicyclic) bond motifs is 1. The zero-order valence-electron chi connectivity index (χ0n) is 15.5. The number of hydrogen-bond donors (Lipinski definition) is 0. The Hall–Kier alpha value is -2.17. The number of carbonyl (C=O) groups excluding carboxylic acids is 1. The van der Waals surface area contributed by atoms with Gasteiger partial charge in [0.15, 0.2) is 17.1 Å². The van der Waals surface area contributed by atoms with Crippen LogP contribution in [0, 0.1) is 0 Å². The minimum Gasteiger partial charge on any atom is -0.490 e. The summed E-state index contributed by atoms with van der Waals surface area (Å²) in [6.45, 7) is 6.76. The molecule has 3 rings (SSSR count). The summed E-state index contributed by atoms with van der Waals surface area (Å²) in [6, 6.07) is 12.7. The van der Waals surface area contributed by atoms with E-state index in [2.05, 4.69) is 0 Å². The molecule has 0 fully saturated rings. The summed E-state index contributed by atoms with van der Waals surface area (Å²) in [5.41, 5.74) is 1.48. The lowest BCUT2D eigenvalue weighted by molar-refractivity contribution is 0.0660. The molecular weight excluding hydrogens is 385 g/mol. The molecule has 0 saturated heterocycles. The van der Waals surface area contributed by atoms with Crippen molar-refractivity contribution in [2.75, 3.05) is 6.61 Å². The Kier molecular flexibility index (Phi) is 5.98. The maximum absolute atomic E-state index is 13.1. The molecule has 1 amide bonds. The Morgan fingerprint density at radius 2 is 1.93 bits per heavy atom. The van der Waals surface area contributed by atoms with Crippen molar-refractivity contribution >= 4 is 40.1 Å². The van der Waals surface area contributed by atoms with Gasteiger partial charge in [-0.2, -0.15) is 0 Å². The summed E-state index contributed by atoms with van der Waals surface area (Å²) in [5.74, 6) is 0.732. The minimum absolute atomic E-state index is 0.0217. The largest absolute Gasteiger partial charge is 0.490 e. The molecule has 2 aromatic carbocycles. The van der Waals surface area contributed by atoms with E-state index in [0.29, 0.717) is 34.5 Å². The van der Waals surface area contributed by atoms with Crippen LogP contribution in [0.15, 0.2) is 46.9 Å². The van der Waals surface area contributed by atoms with Crippen molar-refractivity contribution < 1.29 is 13.9 Å². The van der Waals surface area contributed by atoms with Gasteiger partial charge in [0, 0.05) is 18.0 Å². The smallest absolute Gasteiger partial charge is 0.290 e. The number of benzene rings is 2. The average Bonchev–Trinajstić information content (AvgIpc) is 3.07. The van der Waals surface area contributed by atoms with Gasteiger partial charge in [0.1, 0.15) is 0 Å². The van der Waals surface area contributed by atoms with Crippen LogP contribution < -0.4 is 4.74 Å². The van der Waals surface area contributed by atoms with E-state index in [1.165, 1.54) is 0 Å². The number of rotatable bonds is 6. The van der Waals surface area contributed by atoms with Gasteiger partial charge in [0.05, 0.1) is 16.7 Å². The summed E-state index contributed by atoms with van der Waals surface area (Å²) in [7, 11) is 0. The van der Waals surface area contributed by atoms with Crippen LogP contribution in [0.25, 0.3) is 11.0 Å². The molecule has 0 bridgehead atoms. The lowest BCUT2D eigenvalue weighted by Gasteiger charge is -2.26. The number of hydrogen-bond acceptors (Lipinski definition) is 3. The molecule has 0 aliphatic carbocycles. The lowest BCUT2D eigenvalue weighted by Crippen LogP contribution is -2.36. The van der Waals surface area contributed by atoms with Crippen LogP contribution in [0.1, 0.15) is 36.9 Å². The van der Waals surface area contributed by atoms with Gasteiger partial charge in [-0.3, -0.25) is 4.79 Å². The highest BCUT2D eigenvalue weighted by molar-refractivity contribution is 6.42. The number of halogens is 2. The number of ether oxygens (including phenoxy) is 1. The Morgan fingerprint density at radius 3 is 2.59 bits per heavy atom. The van der Waals surface area contributed by atoms with Crippen molar-refractivity contribution in [3.8, 4) is 5.75 Å². The Labute approximate surface area is 168 Å². The fraction of sp³-hybridized carbons (Fsp3) is 0.286. The first-order valence-corrected chi connectivity index (χ1v) is 9.56. The summed E-state index contributed by atoms with van der Waals surface area (Å²) in [4.78, 5) is 14.8. The maximum atomic E-state index is 13.1. The molecular formula is C21H21Cl2NO3. The topological polar surface area (TPSA) is 42.7 Å². The first-order chi connectivity index (χ1) is 12.9. The molecule has 4 nitrogen and oxygen atoms in total. The van der Waals surface area contributed by atoms with Gasteiger partial charge in [0.2, 0.25) is 0 Å². The molecule has 0 unspecified atom stereocenters. The zero-order chi connectivity index (χ0) is 19.6. The molecule has 0 aliphatic heterocycles. The summed E-state index contributed by atoms with van der Waals surface area (Å²) < 4.78 is 11.5. The molecule has 0 spiro atoms.